The van der Waals surface area contributed by atoms with E-state index < -0.39 is 0 Å². The van der Waals surface area contributed by atoms with Crippen LogP contribution in [0.15, 0.2) is 23.7 Å². The molecule has 5 heteroatoms. The number of piperidine rings is 1. The average Bonchev–Trinajstić information content (AvgIpc) is 3.04. The normalized spacial score (nSPS) is 28.7. The summed E-state index contributed by atoms with van der Waals surface area (Å²) in [5.74, 6) is 0.825. The highest BCUT2D eigenvalue weighted by atomic mass is 32.1. The van der Waals surface area contributed by atoms with Crippen LogP contribution >= 0.6 is 11.3 Å². The molecule has 0 spiro atoms. The van der Waals surface area contributed by atoms with Crippen LogP contribution in [0.5, 0.6) is 0 Å². The Labute approximate surface area is 121 Å². The van der Waals surface area contributed by atoms with Crippen LogP contribution in [-0.4, -0.2) is 41.5 Å². The first-order valence-electron chi connectivity index (χ1n) is 7.14. The van der Waals surface area contributed by atoms with E-state index >= 15 is 0 Å². The number of rotatable bonds is 2. The Morgan fingerprint density at radius 1 is 1.40 bits per heavy atom. The second-order valence-electron chi connectivity index (χ2n) is 5.86. The summed E-state index contributed by atoms with van der Waals surface area (Å²) in [6.07, 6.45) is 2.42. The van der Waals surface area contributed by atoms with Gasteiger partial charge in [-0.3, -0.25) is 4.79 Å². The maximum atomic E-state index is 12.4. The minimum atomic E-state index is 0.0489. The lowest BCUT2D eigenvalue weighted by Gasteiger charge is -2.30. The zero-order valence-corrected chi connectivity index (χ0v) is 12.0. The van der Waals surface area contributed by atoms with Gasteiger partial charge in [-0.25, -0.2) is 4.98 Å². The van der Waals surface area contributed by atoms with Gasteiger partial charge in [0.15, 0.2) is 0 Å². The van der Waals surface area contributed by atoms with Crippen molar-refractivity contribution >= 4 is 27.5 Å². The molecule has 2 aliphatic heterocycles. The number of nitrogens with zero attached hydrogens (tertiary/aromatic N) is 2. The monoisotopic (exact) mass is 287 g/mol. The highest BCUT2D eigenvalue weighted by molar-refractivity contribution is 7.16. The van der Waals surface area contributed by atoms with Gasteiger partial charge >= 0.3 is 0 Å². The smallest absolute Gasteiger partial charge is 0.251 e. The minimum Gasteiger partial charge on any atom is -0.348 e. The summed E-state index contributed by atoms with van der Waals surface area (Å²) >= 11 is 1.58. The molecule has 3 atom stereocenters. The summed E-state index contributed by atoms with van der Waals surface area (Å²) in [6.45, 7) is 3.42. The van der Waals surface area contributed by atoms with Crippen LogP contribution in [0.2, 0.25) is 0 Å². The van der Waals surface area contributed by atoms with Gasteiger partial charge in [0.1, 0.15) is 0 Å². The Morgan fingerprint density at radius 3 is 3.25 bits per heavy atom. The quantitative estimate of drug-likeness (QED) is 0.920. The van der Waals surface area contributed by atoms with E-state index in [1.165, 1.54) is 19.5 Å². The van der Waals surface area contributed by atoms with Gasteiger partial charge in [0.05, 0.1) is 15.7 Å². The van der Waals surface area contributed by atoms with Crippen LogP contribution in [-0.2, 0) is 0 Å². The SMILES string of the molecule is O=C(N[C@@H]1C[C@H]2CCN(C2)C1)c1ccc2ncsc2c1. The summed E-state index contributed by atoms with van der Waals surface area (Å²) in [5, 5.41) is 3.20. The van der Waals surface area contributed by atoms with E-state index in [-0.39, 0.29) is 5.91 Å². The Kier molecular flexibility index (Phi) is 2.97. The first-order chi connectivity index (χ1) is 9.78. The van der Waals surface area contributed by atoms with E-state index in [1.54, 1.807) is 11.3 Å². The first kappa shape index (κ1) is 12.3. The van der Waals surface area contributed by atoms with Crippen LogP contribution in [0.3, 0.4) is 0 Å². The van der Waals surface area contributed by atoms with Crippen molar-refractivity contribution in [1.82, 2.24) is 15.2 Å². The zero-order chi connectivity index (χ0) is 13.5. The Hall–Kier alpha value is -1.46. The number of hydrogen-bond acceptors (Lipinski definition) is 4. The average molecular weight is 287 g/mol. The molecule has 4 rings (SSSR count). The summed E-state index contributed by atoms with van der Waals surface area (Å²) in [5.41, 5.74) is 3.53. The van der Waals surface area contributed by atoms with Crippen LogP contribution in [0.1, 0.15) is 23.2 Å². The van der Waals surface area contributed by atoms with Crippen molar-refractivity contribution in [3.8, 4) is 0 Å². The third kappa shape index (κ3) is 2.21. The number of carbonyl (C=O) groups excluding carboxylic acids is 1. The molecule has 2 aromatic rings. The zero-order valence-electron chi connectivity index (χ0n) is 11.2. The standard InChI is InChI=1S/C15H17N3OS/c19-15(11-1-2-13-14(6-11)20-9-16-13)17-12-5-10-3-4-18(7-10)8-12/h1-2,6,9-10,12H,3-5,7-8H2,(H,17,19)/t10-,12-/m1/s1. The summed E-state index contributed by atoms with van der Waals surface area (Å²) in [7, 11) is 0. The predicted molar refractivity (Wildman–Crippen MR) is 80.0 cm³/mol. The minimum absolute atomic E-state index is 0.0489. The van der Waals surface area contributed by atoms with Crippen LogP contribution in [0.4, 0.5) is 0 Å². The fraction of sp³-hybridized carbons (Fsp3) is 0.467. The summed E-state index contributed by atoms with van der Waals surface area (Å²) in [6, 6.07) is 6.05. The Bertz CT molecular complexity index is 641. The molecule has 1 unspecified atom stereocenters. The lowest BCUT2D eigenvalue weighted by Crippen LogP contribution is -2.47. The first-order valence-corrected chi connectivity index (χ1v) is 8.02. The molecule has 4 nitrogen and oxygen atoms in total. The fourth-order valence-corrected chi connectivity index (χ4v) is 4.15. The highest BCUT2D eigenvalue weighted by Gasteiger charge is 2.32. The third-order valence-electron chi connectivity index (χ3n) is 4.40. The van der Waals surface area contributed by atoms with Gasteiger partial charge in [0, 0.05) is 24.7 Å². The van der Waals surface area contributed by atoms with Gasteiger partial charge in [0.2, 0.25) is 0 Å². The third-order valence-corrected chi connectivity index (χ3v) is 5.19. The molecule has 0 saturated carbocycles. The van der Waals surface area contributed by atoms with Gasteiger partial charge in [-0.2, -0.15) is 0 Å². The maximum Gasteiger partial charge on any atom is 0.251 e. The number of amides is 1. The number of fused-ring (bicyclic) bond motifs is 3. The number of carbonyl (C=O) groups is 1. The van der Waals surface area contributed by atoms with Crippen molar-refractivity contribution in [3.05, 3.63) is 29.3 Å². The molecule has 2 saturated heterocycles. The number of benzene rings is 1. The number of hydrogen-bond donors (Lipinski definition) is 1. The van der Waals surface area contributed by atoms with E-state index in [2.05, 4.69) is 15.2 Å². The largest absolute Gasteiger partial charge is 0.348 e. The van der Waals surface area contributed by atoms with Gasteiger partial charge < -0.3 is 10.2 Å². The van der Waals surface area contributed by atoms with Crippen molar-refractivity contribution in [1.29, 1.82) is 0 Å². The van der Waals surface area contributed by atoms with Crippen molar-refractivity contribution in [2.75, 3.05) is 19.6 Å². The Morgan fingerprint density at radius 2 is 2.35 bits per heavy atom. The molecule has 1 amide bonds. The van der Waals surface area contributed by atoms with Gasteiger partial charge in [0.25, 0.3) is 5.91 Å². The van der Waals surface area contributed by atoms with Crippen molar-refractivity contribution in [3.63, 3.8) is 0 Å². The van der Waals surface area contributed by atoms with E-state index in [9.17, 15) is 4.79 Å². The number of aromatic nitrogens is 1. The molecule has 2 fully saturated rings. The molecular weight excluding hydrogens is 270 g/mol. The van der Waals surface area contributed by atoms with Gasteiger partial charge in [-0.1, -0.05) is 0 Å². The highest BCUT2D eigenvalue weighted by Crippen LogP contribution is 2.27. The Balaban J connectivity index is 1.49. The molecule has 1 N–H and O–H groups in total. The molecule has 0 aliphatic carbocycles. The molecule has 20 heavy (non-hydrogen) atoms. The predicted octanol–water partition coefficient (Wildman–Crippen LogP) is 2.12. The molecule has 1 aromatic heterocycles. The van der Waals surface area contributed by atoms with E-state index in [1.807, 2.05) is 23.7 Å². The van der Waals surface area contributed by atoms with Gasteiger partial charge in [-0.05, 0) is 43.5 Å². The van der Waals surface area contributed by atoms with Crippen LogP contribution in [0, 0.1) is 5.92 Å². The van der Waals surface area contributed by atoms with E-state index in [0.717, 1.165) is 34.7 Å². The van der Waals surface area contributed by atoms with Crippen LogP contribution in [0.25, 0.3) is 10.2 Å². The molecule has 2 bridgehead atoms. The van der Waals surface area contributed by atoms with Crippen LogP contribution < -0.4 is 5.32 Å². The fourth-order valence-electron chi connectivity index (χ4n) is 3.43. The molecule has 2 aliphatic rings. The van der Waals surface area contributed by atoms with Crippen molar-refractivity contribution in [2.45, 2.75) is 18.9 Å². The lowest BCUT2D eigenvalue weighted by molar-refractivity contribution is 0.0909. The molecule has 0 radical (unpaired) electrons. The van der Waals surface area contributed by atoms with E-state index in [4.69, 9.17) is 0 Å². The molecular formula is C15H17N3OS. The topological polar surface area (TPSA) is 45.2 Å². The lowest BCUT2D eigenvalue weighted by atomic mass is 9.96. The molecule has 3 heterocycles. The maximum absolute atomic E-state index is 12.4. The second kappa shape index (κ2) is 4.82. The number of thiazole rings is 1. The van der Waals surface area contributed by atoms with Crippen molar-refractivity contribution in [2.24, 2.45) is 5.92 Å². The molecule has 1 aromatic carbocycles. The second-order valence-corrected chi connectivity index (χ2v) is 6.74. The number of nitrogens with one attached hydrogen (secondary N) is 1. The molecule has 104 valence electrons. The van der Waals surface area contributed by atoms with Crippen molar-refractivity contribution < 1.29 is 4.79 Å². The summed E-state index contributed by atoms with van der Waals surface area (Å²) < 4.78 is 1.07. The van der Waals surface area contributed by atoms with Gasteiger partial charge in [-0.15, -0.1) is 11.3 Å². The summed E-state index contributed by atoms with van der Waals surface area (Å²) in [4.78, 5) is 19.1. The van der Waals surface area contributed by atoms with E-state index in [0.29, 0.717) is 6.04 Å².